The quantitative estimate of drug-likeness (QED) is 0.935. The summed E-state index contributed by atoms with van der Waals surface area (Å²) in [5, 5.41) is 9.37. The van der Waals surface area contributed by atoms with Gasteiger partial charge in [0, 0.05) is 6.54 Å². The summed E-state index contributed by atoms with van der Waals surface area (Å²) in [5.41, 5.74) is 1.82. The summed E-state index contributed by atoms with van der Waals surface area (Å²) >= 11 is 0. The van der Waals surface area contributed by atoms with E-state index in [9.17, 15) is 9.90 Å². The smallest absolute Gasteiger partial charge is 0.338 e. The number of aryl methyl sites for hydroxylation is 1. The fourth-order valence-corrected chi connectivity index (χ4v) is 2.72. The molecule has 0 saturated carbocycles. The molecule has 1 aromatic heterocycles. The lowest BCUT2D eigenvalue weighted by atomic mass is 10.1. The molecule has 0 unspecified atom stereocenters. The molecule has 1 aromatic carbocycles. The molecule has 1 fully saturated rings. The first-order chi connectivity index (χ1) is 10.1. The van der Waals surface area contributed by atoms with E-state index in [4.69, 9.17) is 9.15 Å². The Morgan fingerprint density at radius 3 is 3.05 bits per heavy atom. The van der Waals surface area contributed by atoms with E-state index in [-0.39, 0.29) is 11.6 Å². The Hall–Kier alpha value is -2.08. The number of fused-ring (bicyclic) bond motifs is 1. The average Bonchev–Trinajstić information content (AvgIpc) is 2.90. The number of carboxylic acids is 1. The second-order valence-corrected chi connectivity index (χ2v) is 5.24. The van der Waals surface area contributed by atoms with Crippen LogP contribution in [-0.4, -0.2) is 41.9 Å². The molecule has 1 N–H and O–H groups in total. The van der Waals surface area contributed by atoms with Crippen molar-refractivity contribution >= 4 is 23.1 Å². The van der Waals surface area contributed by atoms with Gasteiger partial charge in [0.25, 0.3) is 6.01 Å². The van der Waals surface area contributed by atoms with Gasteiger partial charge in [0.05, 0.1) is 24.8 Å². The molecule has 0 aliphatic carbocycles. The van der Waals surface area contributed by atoms with Gasteiger partial charge in [-0.05, 0) is 25.0 Å². The summed E-state index contributed by atoms with van der Waals surface area (Å²) in [5.74, 6) is -0.980. The maximum atomic E-state index is 11.4. The number of carboxylic acid groups (broad SMARTS) is 1. The first-order valence-electron chi connectivity index (χ1n) is 7.09. The van der Waals surface area contributed by atoms with Crippen molar-refractivity contribution in [1.29, 1.82) is 0 Å². The van der Waals surface area contributed by atoms with Gasteiger partial charge in [-0.3, -0.25) is 0 Å². The van der Waals surface area contributed by atoms with Gasteiger partial charge in [0.2, 0.25) is 0 Å². The molecule has 1 saturated heterocycles. The number of anilines is 1. The van der Waals surface area contributed by atoms with Crippen LogP contribution in [0, 0.1) is 6.92 Å². The minimum Gasteiger partial charge on any atom is -0.478 e. The van der Waals surface area contributed by atoms with Gasteiger partial charge in [-0.1, -0.05) is 13.0 Å². The Bertz CT molecular complexity index is 680. The molecule has 1 atom stereocenters. The number of hydrogen-bond acceptors (Lipinski definition) is 5. The molecule has 21 heavy (non-hydrogen) atoms. The van der Waals surface area contributed by atoms with Crippen LogP contribution in [0.3, 0.4) is 0 Å². The predicted octanol–water partition coefficient (Wildman–Crippen LogP) is 2.45. The highest BCUT2D eigenvalue weighted by molar-refractivity contribution is 6.02. The van der Waals surface area contributed by atoms with Crippen LogP contribution >= 0.6 is 0 Å². The van der Waals surface area contributed by atoms with Crippen molar-refractivity contribution < 1.29 is 19.1 Å². The van der Waals surface area contributed by atoms with Crippen LogP contribution in [0.15, 0.2) is 16.5 Å². The van der Waals surface area contributed by atoms with Crippen molar-refractivity contribution in [3.8, 4) is 0 Å². The Morgan fingerprint density at radius 1 is 1.52 bits per heavy atom. The molecule has 3 rings (SSSR count). The molecule has 1 aliphatic heterocycles. The molecular weight excluding hydrogens is 272 g/mol. The lowest BCUT2D eigenvalue weighted by molar-refractivity contribution is 0.0698. The standard InChI is InChI=1S/C15H18N2O4/c1-3-10-8-20-7-6-17(10)15-16-13-11(21-15)5-4-9(2)12(13)14(18)19/h4-5,10H,3,6-8H2,1-2H3,(H,18,19)/t10-/m1/s1. The normalized spacial score (nSPS) is 19.1. The zero-order valence-electron chi connectivity index (χ0n) is 12.1. The molecule has 2 aromatic rings. The number of carbonyl (C=O) groups is 1. The molecular formula is C15H18N2O4. The second-order valence-electron chi connectivity index (χ2n) is 5.24. The molecule has 112 valence electrons. The Kier molecular flexibility index (Phi) is 3.55. The number of aromatic carboxylic acids is 1. The van der Waals surface area contributed by atoms with Crippen molar-refractivity contribution in [2.75, 3.05) is 24.7 Å². The van der Waals surface area contributed by atoms with E-state index in [1.165, 1.54) is 0 Å². The van der Waals surface area contributed by atoms with Gasteiger partial charge in [-0.2, -0.15) is 4.98 Å². The first-order valence-corrected chi connectivity index (χ1v) is 7.09. The summed E-state index contributed by atoms with van der Waals surface area (Å²) in [6.07, 6.45) is 0.920. The highest BCUT2D eigenvalue weighted by atomic mass is 16.5. The third-order valence-electron chi connectivity index (χ3n) is 3.92. The van der Waals surface area contributed by atoms with Crippen molar-refractivity contribution in [1.82, 2.24) is 4.98 Å². The summed E-state index contributed by atoms with van der Waals surface area (Å²) < 4.78 is 11.3. The maximum Gasteiger partial charge on any atom is 0.338 e. The van der Waals surface area contributed by atoms with Gasteiger partial charge in [-0.25, -0.2) is 4.79 Å². The molecule has 6 nitrogen and oxygen atoms in total. The van der Waals surface area contributed by atoms with Crippen LogP contribution in [0.5, 0.6) is 0 Å². The third kappa shape index (κ3) is 2.35. The van der Waals surface area contributed by atoms with Crippen molar-refractivity contribution in [3.63, 3.8) is 0 Å². The lowest BCUT2D eigenvalue weighted by Crippen LogP contribution is -2.45. The predicted molar refractivity (Wildman–Crippen MR) is 77.9 cm³/mol. The molecule has 0 radical (unpaired) electrons. The number of oxazole rings is 1. The largest absolute Gasteiger partial charge is 0.478 e. The number of rotatable bonds is 3. The Labute approximate surface area is 122 Å². The minimum absolute atomic E-state index is 0.209. The van der Waals surface area contributed by atoms with E-state index in [2.05, 4.69) is 16.8 Å². The molecule has 0 bridgehead atoms. The summed E-state index contributed by atoms with van der Waals surface area (Å²) in [7, 11) is 0. The first kappa shape index (κ1) is 13.9. The number of morpholine rings is 1. The highest BCUT2D eigenvalue weighted by Crippen LogP contribution is 2.29. The van der Waals surface area contributed by atoms with Gasteiger partial charge in [0.15, 0.2) is 5.58 Å². The maximum absolute atomic E-state index is 11.4. The molecule has 0 spiro atoms. The minimum atomic E-state index is -0.980. The average molecular weight is 290 g/mol. The van der Waals surface area contributed by atoms with Crippen molar-refractivity contribution in [3.05, 3.63) is 23.3 Å². The number of benzene rings is 1. The second kappa shape index (κ2) is 5.37. The zero-order valence-corrected chi connectivity index (χ0v) is 12.1. The zero-order chi connectivity index (χ0) is 15.0. The summed E-state index contributed by atoms with van der Waals surface area (Å²) in [6.45, 7) is 5.81. The van der Waals surface area contributed by atoms with Gasteiger partial charge >= 0.3 is 5.97 Å². The van der Waals surface area contributed by atoms with Gasteiger partial charge < -0.3 is 19.2 Å². The van der Waals surface area contributed by atoms with E-state index in [0.29, 0.717) is 42.4 Å². The Morgan fingerprint density at radius 2 is 2.33 bits per heavy atom. The van der Waals surface area contributed by atoms with Crippen LogP contribution in [0.4, 0.5) is 6.01 Å². The highest BCUT2D eigenvalue weighted by Gasteiger charge is 2.27. The van der Waals surface area contributed by atoms with Crippen molar-refractivity contribution in [2.45, 2.75) is 26.3 Å². The third-order valence-corrected chi connectivity index (χ3v) is 3.92. The van der Waals surface area contributed by atoms with Crippen LogP contribution < -0.4 is 4.90 Å². The monoisotopic (exact) mass is 290 g/mol. The summed E-state index contributed by atoms with van der Waals surface area (Å²) in [4.78, 5) is 17.9. The molecule has 1 aliphatic rings. The fraction of sp³-hybridized carbons (Fsp3) is 0.467. The number of hydrogen-bond donors (Lipinski definition) is 1. The molecule has 6 heteroatoms. The van der Waals surface area contributed by atoms with Crippen LogP contribution in [0.1, 0.15) is 29.3 Å². The van der Waals surface area contributed by atoms with Gasteiger partial charge in [-0.15, -0.1) is 0 Å². The van der Waals surface area contributed by atoms with E-state index in [0.717, 1.165) is 6.42 Å². The van der Waals surface area contributed by atoms with Crippen LogP contribution in [0.25, 0.3) is 11.1 Å². The van der Waals surface area contributed by atoms with Gasteiger partial charge in [0.1, 0.15) is 5.52 Å². The topological polar surface area (TPSA) is 75.8 Å². The van der Waals surface area contributed by atoms with E-state index in [1.54, 1.807) is 19.1 Å². The van der Waals surface area contributed by atoms with E-state index >= 15 is 0 Å². The number of nitrogens with zero attached hydrogens (tertiary/aromatic N) is 2. The molecule has 2 heterocycles. The summed E-state index contributed by atoms with van der Waals surface area (Å²) in [6, 6.07) is 4.21. The SMILES string of the molecule is CC[C@@H]1COCCN1c1nc2c(C(=O)O)c(C)ccc2o1. The fourth-order valence-electron chi connectivity index (χ4n) is 2.72. The van der Waals surface area contributed by atoms with Crippen molar-refractivity contribution in [2.24, 2.45) is 0 Å². The van der Waals surface area contributed by atoms with E-state index in [1.807, 2.05) is 0 Å². The Balaban J connectivity index is 2.08. The van der Waals surface area contributed by atoms with E-state index < -0.39 is 5.97 Å². The van der Waals surface area contributed by atoms with Crippen LogP contribution in [-0.2, 0) is 4.74 Å². The van der Waals surface area contributed by atoms with Crippen LogP contribution in [0.2, 0.25) is 0 Å². The number of ether oxygens (including phenoxy) is 1. The lowest BCUT2D eigenvalue weighted by Gasteiger charge is -2.33. The number of aromatic nitrogens is 1. The molecule has 0 amide bonds.